The summed E-state index contributed by atoms with van der Waals surface area (Å²) in [6.45, 7) is 6.76. The lowest BCUT2D eigenvalue weighted by Gasteiger charge is -2.49. The molecule has 0 radical (unpaired) electrons. The van der Waals surface area contributed by atoms with Crippen molar-refractivity contribution in [2.24, 2.45) is 5.11 Å². The van der Waals surface area contributed by atoms with Crippen LogP contribution in [0.5, 0.6) is 0 Å². The van der Waals surface area contributed by atoms with Gasteiger partial charge in [-0.05, 0) is 19.4 Å². The lowest BCUT2D eigenvalue weighted by Crippen LogP contribution is -2.64. The second kappa shape index (κ2) is 7.86. The van der Waals surface area contributed by atoms with Crippen LogP contribution in [0.4, 0.5) is 0 Å². The number of azide groups is 1. The molecule has 0 unspecified atom stereocenters. The van der Waals surface area contributed by atoms with E-state index in [0.29, 0.717) is 19.8 Å². The fourth-order valence-electron chi connectivity index (χ4n) is 3.21. The first-order valence-electron chi connectivity index (χ1n) is 8.39. The molecule has 0 aromatic heterocycles. The Bertz CT molecular complexity index is 542. The first kappa shape index (κ1) is 18.4. The molecule has 0 spiro atoms. The highest BCUT2D eigenvalue weighted by Crippen LogP contribution is 2.35. The van der Waals surface area contributed by atoms with Gasteiger partial charge in [0.15, 0.2) is 18.9 Å². The average Bonchev–Trinajstić information content (AvgIpc) is 2.60. The van der Waals surface area contributed by atoms with Gasteiger partial charge in [0.05, 0.1) is 6.61 Å². The summed E-state index contributed by atoms with van der Waals surface area (Å²) in [7, 11) is 1.56. The molecule has 0 amide bonds. The smallest absolute Gasteiger partial charge is 0.326 e. The topological polar surface area (TPSA) is 107 Å². The van der Waals surface area contributed by atoms with Crippen LogP contribution in [0.3, 0.4) is 0 Å². The Morgan fingerprint density at radius 2 is 2.08 bits per heavy atom. The van der Waals surface area contributed by atoms with Gasteiger partial charge >= 0.3 is 6.40 Å². The first-order valence-corrected chi connectivity index (χ1v) is 8.39. The lowest BCUT2D eigenvalue weighted by molar-refractivity contribution is -0.553. The molecule has 10 nitrogen and oxygen atoms in total. The van der Waals surface area contributed by atoms with Gasteiger partial charge in [0.1, 0.15) is 37.6 Å². The monoisotopic (exact) mass is 357 g/mol. The normalized spacial score (nSPS) is 37.6. The zero-order valence-electron chi connectivity index (χ0n) is 14.7. The Morgan fingerprint density at radius 3 is 2.76 bits per heavy atom. The molecule has 0 saturated carbocycles. The highest BCUT2D eigenvalue weighted by atomic mass is 16.8. The van der Waals surface area contributed by atoms with E-state index in [9.17, 15) is 0 Å². The fourth-order valence-corrected chi connectivity index (χ4v) is 3.21. The average molecular weight is 357 g/mol. The number of hydrogen-bond acceptors (Lipinski definition) is 7. The van der Waals surface area contributed by atoms with Crippen LogP contribution in [-0.2, 0) is 28.4 Å². The van der Waals surface area contributed by atoms with E-state index in [2.05, 4.69) is 10.0 Å². The third-order valence-corrected chi connectivity index (χ3v) is 4.48. The van der Waals surface area contributed by atoms with Crippen molar-refractivity contribution >= 4 is 6.40 Å². The maximum atomic E-state index is 8.95. The quantitative estimate of drug-likeness (QED) is 0.240. The molecule has 10 heteroatoms. The van der Waals surface area contributed by atoms with E-state index in [1.54, 1.807) is 13.5 Å². The van der Waals surface area contributed by atoms with Crippen molar-refractivity contribution in [2.45, 2.75) is 50.3 Å². The second-order valence-electron chi connectivity index (χ2n) is 6.62. The van der Waals surface area contributed by atoms with Gasteiger partial charge in [-0.15, -0.1) is 0 Å². The molecule has 0 aliphatic carbocycles. The molecule has 25 heavy (non-hydrogen) atoms. The molecule has 3 aliphatic heterocycles. The van der Waals surface area contributed by atoms with Crippen molar-refractivity contribution in [3.8, 4) is 0 Å². The highest BCUT2D eigenvalue weighted by Gasteiger charge is 2.52. The Kier molecular flexibility index (Phi) is 5.78. The largest absolute Gasteiger partial charge is 0.420 e. The SMILES string of the molecule is CO[C@@H]1[C@@H](N=[N+]=[N-])[C@@H](OC=[N+]2CCOCC2)O[C@@H]2COC(C)(C)O[C@H]12. The summed E-state index contributed by atoms with van der Waals surface area (Å²) in [4.78, 5) is 2.93. The molecule has 0 bridgehead atoms. The van der Waals surface area contributed by atoms with Crippen molar-refractivity contribution in [3.63, 3.8) is 0 Å². The molecule has 0 aromatic carbocycles. The van der Waals surface area contributed by atoms with E-state index in [-0.39, 0.29) is 6.10 Å². The summed E-state index contributed by atoms with van der Waals surface area (Å²) in [5, 5.41) is 3.84. The maximum Gasteiger partial charge on any atom is 0.326 e. The fraction of sp³-hybridized carbons (Fsp3) is 0.933. The molecule has 3 heterocycles. The molecule has 0 N–H and O–H groups in total. The van der Waals surface area contributed by atoms with Crippen LogP contribution in [0.1, 0.15) is 13.8 Å². The van der Waals surface area contributed by atoms with Crippen molar-refractivity contribution < 1.29 is 33.0 Å². The Morgan fingerprint density at radius 1 is 1.32 bits per heavy atom. The van der Waals surface area contributed by atoms with Crippen molar-refractivity contribution in [3.05, 3.63) is 10.4 Å². The van der Waals surface area contributed by atoms with Gasteiger partial charge in [-0.2, -0.15) is 0 Å². The van der Waals surface area contributed by atoms with Crippen molar-refractivity contribution in [2.75, 3.05) is 40.0 Å². The van der Waals surface area contributed by atoms with Gasteiger partial charge in [-0.3, -0.25) is 0 Å². The molecule has 3 aliphatic rings. The van der Waals surface area contributed by atoms with Crippen LogP contribution in [0, 0.1) is 0 Å². The summed E-state index contributed by atoms with van der Waals surface area (Å²) >= 11 is 0. The molecular formula is C15H25N4O6+. The standard InChI is InChI=1S/C15H25N4O6/c1-15(2)23-8-10-12(25-15)13(20-3)11(17-18-16)14(24-10)22-9-19-4-6-21-7-5-19/h9-14H,4-8H2,1-3H3/q+1/t10-,11-,12+,13-,14+/m1/s1. The van der Waals surface area contributed by atoms with E-state index < -0.39 is 30.3 Å². The van der Waals surface area contributed by atoms with Crippen LogP contribution < -0.4 is 0 Å². The number of fused-ring (bicyclic) bond motifs is 1. The van der Waals surface area contributed by atoms with Gasteiger partial charge in [0.25, 0.3) is 0 Å². The second-order valence-corrected chi connectivity index (χ2v) is 6.62. The Balaban J connectivity index is 1.77. The molecular weight excluding hydrogens is 332 g/mol. The van der Waals surface area contributed by atoms with Gasteiger partial charge in [0, 0.05) is 12.0 Å². The Labute approximate surface area is 146 Å². The minimum absolute atomic E-state index is 0.345. The molecule has 3 fully saturated rings. The number of methoxy groups -OCH3 is 1. The van der Waals surface area contributed by atoms with Crippen LogP contribution in [0.15, 0.2) is 5.11 Å². The van der Waals surface area contributed by atoms with Crippen LogP contribution in [-0.4, -0.2) is 87.4 Å². The Hall–Kier alpha value is -1.42. The van der Waals surface area contributed by atoms with Gasteiger partial charge in [0.2, 0.25) is 6.29 Å². The zero-order valence-corrected chi connectivity index (χ0v) is 14.7. The molecule has 140 valence electrons. The zero-order chi connectivity index (χ0) is 17.9. The van der Waals surface area contributed by atoms with Gasteiger partial charge in [-0.1, -0.05) is 5.11 Å². The molecule has 3 rings (SSSR count). The van der Waals surface area contributed by atoms with Gasteiger partial charge < -0.3 is 28.4 Å². The summed E-state index contributed by atoms with van der Waals surface area (Å²) in [5.74, 6) is -0.754. The van der Waals surface area contributed by atoms with E-state index >= 15 is 0 Å². The van der Waals surface area contributed by atoms with E-state index in [4.69, 9.17) is 34.0 Å². The van der Waals surface area contributed by atoms with E-state index in [1.165, 1.54) is 0 Å². The highest BCUT2D eigenvalue weighted by molar-refractivity contribution is 5.39. The molecule has 0 aromatic rings. The third-order valence-electron chi connectivity index (χ3n) is 4.48. The minimum atomic E-state index is -0.779. The van der Waals surface area contributed by atoms with Crippen LogP contribution in [0.25, 0.3) is 10.4 Å². The van der Waals surface area contributed by atoms with Crippen molar-refractivity contribution in [1.29, 1.82) is 0 Å². The maximum absolute atomic E-state index is 8.95. The minimum Gasteiger partial charge on any atom is -0.420 e. The third kappa shape index (κ3) is 4.22. The number of hydrogen-bond donors (Lipinski definition) is 0. The summed E-state index contributed by atoms with van der Waals surface area (Å²) < 4.78 is 36.3. The predicted molar refractivity (Wildman–Crippen MR) is 85.3 cm³/mol. The lowest BCUT2D eigenvalue weighted by atomic mass is 9.96. The summed E-state index contributed by atoms with van der Waals surface area (Å²) in [6.07, 6.45) is -0.452. The van der Waals surface area contributed by atoms with Crippen LogP contribution in [0.2, 0.25) is 0 Å². The molecule has 3 saturated heterocycles. The number of morpholine rings is 1. The number of rotatable bonds is 4. The van der Waals surface area contributed by atoms with Crippen molar-refractivity contribution in [1.82, 2.24) is 0 Å². The van der Waals surface area contributed by atoms with Crippen LogP contribution >= 0.6 is 0 Å². The first-order chi connectivity index (χ1) is 12.0. The number of ether oxygens (including phenoxy) is 6. The van der Waals surface area contributed by atoms with E-state index in [0.717, 1.165) is 13.1 Å². The molecule has 5 atom stereocenters. The van der Waals surface area contributed by atoms with E-state index in [1.807, 2.05) is 18.4 Å². The number of nitrogens with zero attached hydrogens (tertiary/aromatic N) is 4. The van der Waals surface area contributed by atoms with Gasteiger partial charge in [-0.25, -0.2) is 4.58 Å². The summed E-state index contributed by atoms with van der Waals surface area (Å²) in [5.41, 5.74) is 8.95. The predicted octanol–water partition coefficient (Wildman–Crippen LogP) is 0.644. The summed E-state index contributed by atoms with van der Waals surface area (Å²) in [6, 6.07) is -0.678.